The topological polar surface area (TPSA) is 75.4 Å². The van der Waals surface area contributed by atoms with Crippen LogP contribution < -0.4 is 5.32 Å². The molecule has 2 rings (SSSR count). The van der Waals surface area contributed by atoms with Crippen molar-refractivity contribution in [1.29, 1.82) is 0 Å². The van der Waals surface area contributed by atoms with Crippen molar-refractivity contribution in [3.8, 4) is 5.75 Å². The Morgan fingerprint density at radius 2 is 2.00 bits per heavy atom. The Kier molecular flexibility index (Phi) is 3.79. The molecule has 104 valence electrons. The first-order chi connectivity index (χ1) is 9.47. The zero-order valence-corrected chi connectivity index (χ0v) is 10.1. The van der Waals surface area contributed by atoms with Gasteiger partial charge < -0.3 is 10.4 Å². The van der Waals surface area contributed by atoms with Gasteiger partial charge in [0.2, 0.25) is 0 Å². The molecule has 0 atom stereocenters. The Hall–Kier alpha value is -2.70. The number of rotatable bonds is 4. The summed E-state index contributed by atoms with van der Waals surface area (Å²) < 4.78 is 26.7. The molecular formula is C13H10F2N2O3. The molecule has 0 aliphatic rings. The van der Waals surface area contributed by atoms with E-state index >= 15 is 0 Å². The van der Waals surface area contributed by atoms with Crippen molar-refractivity contribution in [1.82, 2.24) is 0 Å². The number of aromatic hydroxyl groups is 1. The highest BCUT2D eigenvalue weighted by molar-refractivity contribution is 5.62. The molecule has 0 radical (unpaired) electrons. The van der Waals surface area contributed by atoms with Crippen molar-refractivity contribution in [3.05, 3.63) is 63.7 Å². The van der Waals surface area contributed by atoms with Gasteiger partial charge in [-0.05, 0) is 23.8 Å². The molecule has 0 fully saturated rings. The van der Waals surface area contributed by atoms with Crippen LogP contribution in [0.25, 0.3) is 0 Å². The minimum absolute atomic E-state index is 0.0624. The zero-order valence-electron chi connectivity index (χ0n) is 10.1. The summed E-state index contributed by atoms with van der Waals surface area (Å²) in [5.74, 6) is -1.70. The van der Waals surface area contributed by atoms with Crippen molar-refractivity contribution in [2.45, 2.75) is 6.54 Å². The molecule has 5 nitrogen and oxygen atoms in total. The van der Waals surface area contributed by atoms with Gasteiger partial charge in [0.1, 0.15) is 17.3 Å². The van der Waals surface area contributed by atoms with Crippen LogP contribution >= 0.6 is 0 Å². The van der Waals surface area contributed by atoms with Crippen molar-refractivity contribution in [3.63, 3.8) is 0 Å². The Bertz CT molecular complexity index is 642. The second kappa shape index (κ2) is 5.52. The Morgan fingerprint density at radius 3 is 2.65 bits per heavy atom. The summed E-state index contributed by atoms with van der Waals surface area (Å²) in [6.07, 6.45) is 0. The lowest BCUT2D eigenvalue weighted by molar-refractivity contribution is -0.384. The van der Waals surface area contributed by atoms with Gasteiger partial charge in [0.15, 0.2) is 5.82 Å². The first-order valence-corrected chi connectivity index (χ1v) is 5.62. The number of benzene rings is 2. The molecule has 0 amide bonds. The number of halogens is 2. The smallest absolute Gasteiger partial charge is 0.295 e. The van der Waals surface area contributed by atoms with E-state index in [1.54, 1.807) is 0 Å². The van der Waals surface area contributed by atoms with Gasteiger partial charge in [-0.2, -0.15) is 0 Å². The number of phenolic OH excluding ortho intramolecular Hbond substituents is 1. The van der Waals surface area contributed by atoms with E-state index in [4.69, 9.17) is 0 Å². The molecule has 0 aromatic heterocycles. The van der Waals surface area contributed by atoms with Gasteiger partial charge in [-0.15, -0.1) is 0 Å². The van der Waals surface area contributed by atoms with E-state index in [0.717, 1.165) is 24.3 Å². The summed E-state index contributed by atoms with van der Waals surface area (Å²) in [7, 11) is 0. The minimum Gasteiger partial charge on any atom is -0.508 e. The Labute approximate surface area is 112 Å². The summed E-state index contributed by atoms with van der Waals surface area (Å²) >= 11 is 0. The number of nitro groups is 1. The molecule has 0 bridgehead atoms. The number of nitrogens with one attached hydrogen (secondary N) is 1. The van der Waals surface area contributed by atoms with Gasteiger partial charge in [-0.1, -0.05) is 6.07 Å². The SMILES string of the molecule is O=[N+]([O-])c1cccc(F)c1NCc1cc(O)cc(F)c1. The normalized spacial score (nSPS) is 10.3. The highest BCUT2D eigenvalue weighted by Crippen LogP contribution is 2.27. The molecule has 2 aromatic rings. The van der Waals surface area contributed by atoms with E-state index in [-0.39, 0.29) is 18.0 Å². The molecular weight excluding hydrogens is 270 g/mol. The summed E-state index contributed by atoms with van der Waals surface area (Å²) in [5.41, 5.74) is -0.355. The monoisotopic (exact) mass is 280 g/mol. The highest BCUT2D eigenvalue weighted by atomic mass is 19.1. The van der Waals surface area contributed by atoms with Gasteiger partial charge in [-0.3, -0.25) is 10.1 Å². The number of hydrogen-bond donors (Lipinski definition) is 2. The van der Waals surface area contributed by atoms with E-state index < -0.39 is 22.2 Å². The molecule has 7 heteroatoms. The first-order valence-electron chi connectivity index (χ1n) is 5.62. The third-order valence-electron chi connectivity index (χ3n) is 2.60. The van der Waals surface area contributed by atoms with Crippen LogP contribution in [0.3, 0.4) is 0 Å². The number of hydrogen-bond acceptors (Lipinski definition) is 4. The maximum Gasteiger partial charge on any atom is 0.295 e. The van der Waals surface area contributed by atoms with E-state index in [1.807, 2.05) is 0 Å². The van der Waals surface area contributed by atoms with Crippen molar-refractivity contribution < 1.29 is 18.8 Å². The van der Waals surface area contributed by atoms with Crippen LogP contribution in [0.15, 0.2) is 36.4 Å². The molecule has 0 unspecified atom stereocenters. The summed E-state index contributed by atoms with van der Waals surface area (Å²) in [5, 5.41) is 22.6. The fourth-order valence-electron chi connectivity index (χ4n) is 1.77. The van der Waals surface area contributed by atoms with E-state index in [2.05, 4.69) is 5.32 Å². The lowest BCUT2D eigenvalue weighted by Gasteiger charge is -2.08. The lowest BCUT2D eigenvalue weighted by Crippen LogP contribution is -2.05. The fourth-order valence-corrected chi connectivity index (χ4v) is 1.77. The average molecular weight is 280 g/mol. The molecule has 0 aliphatic heterocycles. The molecule has 20 heavy (non-hydrogen) atoms. The summed E-state index contributed by atoms with van der Waals surface area (Å²) in [6.45, 7) is -0.0624. The molecule has 0 saturated heterocycles. The minimum atomic E-state index is -0.778. The van der Waals surface area contributed by atoms with E-state index in [1.165, 1.54) is 12.1 Å². The van der Waals surface area contributed by atoms with Gasteiger partial charge in [0.25, 0.3) is 5.69 Å². The van der Waals surface area contributed by atoms with Crippen LogP contribution in [0, 0.1) is 21.7 Å². The highest BCUT2D eigenvalue weighted by Gasteiger charge is 2.17. The third kappa shape index (κ3) is 3.00. The van der Waals surface area contributed by atoms with Gasteiger partial charge >= 0.3 is 0 Å². The van der Waals surface area contributed by atoms with E-state index in [9.17, 15) is 24.0 Å². The second-order valence-electron chi connectivity index (χ2n) is 4.06. The van der Waals surface area contributed by atoms with Gasteiger partial charge in [0.05, 0.1) is 4.92 Å². The lowest BCUT2D eigenvalue weighted by atomic mass is 10.2. The molecule has 0 heterocycles. The second-order valence-corrected chi connectivity index (χ2v) is 4.06. The van der Waals surface area contributed by atoms with Gasteiger partial charge in [0, 0.05) is 18.7 Å². The van der Waals surface area contributed by atoms with Crippen LogP contribution in [0.2, 0.25) is 0 Å². The predicted molar refractivity (Wildman–Crippen MR) is 68.4 cm³/mol. The molecule has 0 saturated carbocycles. The molecule has 2 N–H and O–H groups in total. The van der Waals surface area contributed by atoms with Crippen LogP contribution in [-0.4, -0.2) is 10.0 Å². The van der Waals surface area contributed by atoms with Crippen molar-refractivity contribution in [2.24, 2.45) is 0 Å². The summed E-state index contributed by atoms with van der Waals surface area (Å²) in [6, 6.07) is 6.82. The maximum absolute atomic E-state index is 13.6. The fraction of sp³-hybridized carbons (Fsp3) is 0.0769. The van der Waals surface area contributed by atoms with Crippen LogP contribution in [0.4, 0.5) is 20.2 Å². The Balaban J connectivity index is 2.25. The molecule has 2 aromatic carbocycles. The average Bonchev–Trinajstić information content (AvgIpc) is 2.35. The first kappa shape index (κ1) is 13.7. The maximum atomic E-state index is 13.6. The largest absolute Gasteiger partial charge is 0.508 e. The summed E-state index contributed by atoms with van der Waals surface area (Å²) in [4.78, 5) is 10.1. The van der Waals surface area contributed by atoms with Crippen LogP contribution in [0.5, 0.6) is 5.75 Å². The number of nitro benzene ring substituents is 1. The standard InChI is InChI=1S/C13H10F2N2O3/c14-9-4-8(5-10(18)6-9)7-16-13-11(15)2-1-3-12(13)17(19)20/h1-6,16,18H,7H2. The predicted octanol–water partition coefficient (Wildman–Crippen LogP) is 3.19. The molecule has 0 spiro atoms. The Morgan fingerprint density at radius 1 is 1.25 bits per heavy atom. The number of para-hydroxylation sites is 1. The quantitative estimate of drug-likeness (QED) is 0.666. The number of phenols is 1. The van der Waals surface area contributed by atoms with Gasteiger partial charge in [-0.25, -0.2) is 8.78 Å². The van der Waals surface area contributed by atoms with Crippen molar-refractivity contribution >= 4 is 11.4 Å². The number of nitrogens with zero attached hydrogens (tertiary/aromatic N) is 1. The molecule has 0 aliphatic carbocycles. The number of anilines is 1. The third-order valence-corrected chi connectivity index (χ3v) is 2.60. The van der Waals surface area contributed by atoms with E-state index in [0.29, 0.717) is 5.56 Å². The zero-order chi connectivity index (χ0) is 14.7. The van der Waals surface area contributed by atoms with Crippen molar-refractivity contribution in [2.75, 3.05) is 5.32 Å². The van der Waals surface area contributed by atoms with Crippen LogP contribution in [0.1, 0.15) is 5.56 Å². The van der Waals surface area contributed by atoms with Crippen LogP contribution in [-0.2, 0) is 6.54 Å².